The minimum absolute atomic E-state index is 1.12. The lowest BCUT2D eigenvalue weighted by Crippen LogP contribution is -2.28. The summed E-state index contributed by atoms with van der Waals surface area (Å²) in [4.78, 5) is 4.59. The molecule has 0 unspecified atom stereocenters. The van der Waals surface area contributed by atoms with E-state index in [0.29, 0.717) is 0 Å². The molecule has 0 saturated carbocycles. The SMILES string of the molecule is CC1=CC=C(N(C)CCN(C)C)CC1. The van der Waals surface area contributed by atoms with Crippen LogP contribution in [0.3, 0.4) is 0 Å². The number of allylic oxidation sites excluding steroid dienone is 4. The largest absolute Gasteiger partial charge is 0.377 e. The van der Waals surface area contributed by atoms with E-state index in [0.717, 1.165) is 13.1 Å². The first-order valence-corrected chi connectivity index (χ1v) is 5.32. The fraction of sp³-hybridized carbons (Fsp3) is 0.667. The molecule has 0 heterocycles. The van der Waals surface area contributed by atoms with Gasteiger partial charge in [-0.25, -0.2) is 0 Å². The van der Waals surface area contributed by atoms with E-state index in [1.54, 1.807) is 0 Å². The molecule has 2 heteroatoms. The van der Waals surface area contributed by atoms with Crippen molar-refractivity contribution < 1.29 is 0 Å². The standard InChI is InChI=1S/C12H22N2/c1-11-5-7-12(8-6-11)14(4)10-9-13(2)3/h5,7H,6,8-10H2,1-4H3. The third kappa shape index (κ3) is 3.54. The highest BCUT2D eigenvalue weighted by molar-refractivity contribution is 5.21. The van der Waals surface area contributed by atoms with E-state index < -0.39 is 0 Å². The van der Waals surface area contributed by atoms with Crippen molar-refractivity contribution in [2.24, 2.45) is 0 Å². The van der Waals surface area contributed by atoms with Gasteiger partial charge in [0.1, 0.15) is 0 Å². The molecule has 1 aliphatic rings. The Bertz CT molecular complexity index is 239. The zero-order valence-corrected chi connectivity index (χ0v) is 9.88. The van der Waals surface area contributed by atoms with Crippen LogP contribution in [0.15, 0.2) is 23.4 Å². The molecule has 80 valence electrons. The topological polar surface area (TPSA) is 6.48 Å². The second kappa shape index (κ2) is 5.20. The fourth-order valence-electron chi connectivity index (χ4n) is 1.54. The maximum Gasteiger partial charge on any atom is 0.0299 e. The Labute approximate surface area is 87.9 Å². The molecule has 0 aromatic heterocycles. The van der Waals surface area contributed by atoms with Crippen LogP contribution < -0.4 is 0 Å². The molecular formula is C12H22N2. The van der Waals surface area contributed by atoms with Gasteiger partial charge in [0.15, 0.2) is 0 Å². The molecule has 0 fully saturated rings. The van der Waals surface area contributed by atoms with Crippen molar-refractivity contribution in [3.63, 3.8) is 0 Å². The van der Waals surface area contributed by atoms with Crippen LogP contribution in [-0.4, -0.2) is 44.0 Å². The smallest absolute Gasteiger partial charge is 0.0299 e. The Morgan fingerprint density at radius 2 is 1.79 bits per heavy atom. The van der Waals surface area contributed by atoms with Crippen molar-refractivity contribution in [3.8, 4) is 0 Å². The monoisotopic (exact) mass is 194 g/mol. The molecule has 1 aliphatic carbocycles. The van der Waals surface area contributed by atoms with Crippen molar-refractivity contribution in [1.82, 2.24) is 9.80 Å². The Morgan fingerprint density at radius 1 is 1.07 bits per heavy atom. The van der Waals surface area contributed by atoms with Gasteiger partial charge in [-0.2, -0.15) is 0 Å². The van der Waals surface area contributed by atoms with Crippen LogP contribution in [0, 0.1) is 0 Å². The number of rotatable bonds is 4. The van der Waals surface area contributed by atoms with Crippen molar-refractivity contribution in [3.05, 3.63) is 23.4 Å². The minimum Gasteiger partial charge on any atom is -0.377 e. The average molecular weight is 194 g/mol. The van der Waals surface area contributed by atoms with Gasteiger partial charge in [0, 0.05) is 25.8 Å². The lowest BCUT2D eigenvalue weighted by Gasteiger charge is -2.26. The summed E-state index contributed by atoms with van der Waals surface area (Å²) in [5, 5.41) is 0. The van der Waals surface area contributed by atoms with Gasteiger partial charge in [-0.15, -0.1) is 0 Å². The second-order valence-electron chi connectivity index (χ2n) is 4.40. The van der Waals surface area contributed by atoms with Gasteiger partial charge in [0.25, 0.3) is 0 Å². The van der Waals surface area contributed by atoms with Gasteiger partial charge in [0.2, 0.25) is 0 Å². The average Bonchev–Trinajstić information content (AvgIpc) is 2.15. The Balaban J connectivity index is 2.41. The Kier molecular flexibility index (Phi) is 4.21. The molecular weight excluding hydrogens is 172 g/mol. The van der Waals surface area contributed by atoms with Gasteiger partial charge in [-0.05, 0) is 39.9 Å². The third-order valence-corrected chi connectivity index (χ3v) is 2.71. The first kappa shape index (κ1) is 11.3. The summed E-state index contributed by atoms with van der Waals surface area (Å²) in [5.41, 5.74) is 2.97. The molecule has 0 atom stereocenters. The molecule has 1 rings (SSSR count). The van der Waals surface area contributed by atoms with Crippen LogP contribution in [0.25, 0.3) is 0 Å². The maximum absolute atomic E-state index is 2.36. The van der Waals surface area contributed by atoms with E-state index in [-0.39, 0.29) is 0 Å². The molecule has 14 heavy (non-hydrogen) atoms. The zero-order valence-electron chi connectivity index (χ0n) is 9.88. The fourth-order valence-corrected chi connectivity index (χ4v) is 1.54. The summed E-state index contributed by atoms with van der Waals surface area (Å²) < 4.78 is 0. The van der Waals surface area contributed by atoms with Gasteiger partial charge < -0.3 is 9.80 Å². The molecule has 0 spiro atoms. The molecule has 0 amide bonds. The summed E-state index contributed by atoms with van der Waals surface area (Å²) in [7, 11) is 6.42. The molecule has 0 aliphatic heterocycles. The third-order valence-electron chi connectivity index (χ3n) is 2.71. The van der Waals surface area contributed by atoms with Crippen LogP contribution in [0.5, 0.6) is 0 Å². The number of hydrogen-bond donors (Lipinski definition) is 0. The van der Waals surface area contributed by atoms with Gasteiger partial charge in [-0.1, -0.05) is 11.6 Å². The van der Waals surface area contributed by atoms with E-state index in [1.165, 1.54) is 24.1 Å². The van der Waals surface area contributed by atoms with Gasteiger partial charge in [0.05, 0.1) is 0 Å². The number of hydrogen-bond acceptors (Lipinski definition) is 2. The molecule has 0 aromatic rings. The van der Waals surface area contributed by atoms with Gasteiger partial charge >= 0.3 is 0 Å². The molecule has 0 bridgehead atoms. The van der Waals surface area contributed by atoms with Crippen molar-refractivity contribution in [2.75, 3.05) is 34.2 Å². The predicted octanol–water partition coefficient (Wildman–Crippen LogP) is 2.10. The molecule has 0 radical (unpaired) electrons. The van der Waals surface area contributed by atoms with Crippen LogP contribution in [0.4, 0.5) is 0 Å². The van der Waals surface area contributed by atoms with Gasteiger partial charge in [-0.3, -0.25) is 0 Å². The molecule has 2 nitrogen and oxygen atoms in total. The highest BCUT2D eigenvalue weighted by Gasteiger charge is 2.07. The van der Waals surface area contributed by atoms with Crippen molar-refractivity contribution in [2.45, 2.75) is 19.8 Å². The Hall–Kier alpha value is -0.760. The van der Waals surface area contributed by atoms with E-state index in [9.17, 15) is 0 Å². The summed E-state index contributed by atoms with van der Waals surface area (Å²) in [5.74, 6) is 0. The molecule has 0 N–H and O–H groups in total. The van der Waals surface area contributed by atoms with Crippen LogP contribution in [-0.2, 0) is 0 Å². The predicted molar refractivity (Wildman–Crippen MR) is 62.3 cm³/mol. The van der Waals surface area contributed by atoms with Crippen molar-refractivity contribution in [1.29, 1.82) is 0 Å². The Morgan fingerprint density at radius 3 is 2.29 bits per heavy atom. The molecule has 0 saturated heterocycles. The summed E-state index contributed by atoms with van der Waals surface area (Å²) >= 11 is 0. The normalized spacial score (nSPS) is 16.6. The summed E-state index contributed by atoms with van der Waals surface area (Å²) in [6, 6.07) is 0. The lowest BCUT2D eigenvalue weighted by atomic mass is 10.0. The van der Waals surface area contributed by atoms with E-state index >= 15 is 0 Å². The highest BCUT2D eigenvalue weighted by Crippen LogP contribution is 2.19. The summed E-state index contributed by atoms with van der Waals surface area (Å²) in [6.45, 7) is 4.44. The first-order chi connectivity index (χ1) is 6.59. The second-order valence-corrected chi connectivity index (χ2v) is 4.40. The molecule has 0 aromatic carbocycles. The van der Waals surface area contributed by atoms with E-state index in [1.807, 2.05) is 0 Å². The van der Waals surface area contributed by atoms with E-state index in [2.05, 4.69) is 50.0 Å². The quantitative estimate of drug-likeness (QED) is 0.676. The minimum atomic E-state index is 1.12. The number of likely N-dealkylation sites (N-methyl/N-ethyl adjacent to an activating group) is 2. The lowest BCUT2D eigenvalue weighted by molar-refractivity contribution is 0.318. The van der Waals surface area contributed by atoms with E-state index in [4.69, 9.17) is 0 Å². The number of nitrogens with zero attached hydrogens (tertiary/aromatic N) is 2. The maximum atomic E-state index is 2.36. The van der Waals surface area contributed by atoms with Crippen LogP contribution in [0.1, 0.15) is 19.8 Å². The first-order valence-electron chi connectivity index (χ1n) is 5.32. The van der Waals surface area contributed by atoms with Crippen molar-refractivity contribution >= 4 is 0 Å². The van der Waals surface area contributed by atoms with Crippen LogP contribution in [0.2, 0.25) is 0 Å². The highest BCUT2D eigenvalue weighted by atomic mass is 15.2. The zero-order chi connectivity index (χ0) is 10.6. The summed E-state index contributed by atoms with van der Waals surface area (Å²) in [6.07, 6.45) is 6.92. The van der Waals surface area contributed by atoms with Crippen LogP contribution >= 0.6 is 0 Å².